The molecule has 0 radical (unpaired) electrons. The van der Waals surface area contributed by atoms with Gasteiger partial charge in [-0.25, -0.2) is 0 Å². The molecule has 18 heavy (non-hydrogen) atoms. The molecule has 0 saturated heterocycles. The predicted octanol–water partition coefficient (Wildman–Crippen LogP) is 4.82. The summed E-state index contributed by atoms with van der Waals surface area (Å²) in [6.07, 6.45) is 3.92. The number of nitrogens with one attached hydrogen (secondary N) is 1. The Bertz CT molecular complexity index is 390. The van der Waals surface area contributed by atoms with Gasteiger partial charge in [0.1, 0.15) is 0 Å². The van der Waals surface area contributed by atoms with E-state index in [-0.39, 0.29) is 0 Å². The first-order chi connectivity index (χ1) is 8.58. The normalized spacial score (nSPS) is 30.1. The number of benzene rings is 1. The lowest BCUT2D eigenvalue weighted by Crippen LogP contribution is -2.37. The van der Waals surface area contributed by atoms with Crippen molar-refractivity contribution in [1.29, 1.82) is 0 Å². The number of hydrogen-bond donors (Lipinski definition) is 1. The molecule has 0 heterocycles. The van der Waals surface area contributed by atoms with Crippen molar-refractivity contribution in [3.63, 3.8) is 0 Å². The molecule has 0 spiro atoms. The summed E-state index contributed by atoms with van der Waals surface area (Å²) in [5.74, 6) is 1.70. The van der Waals surface area contributed by atoms with Gasteiger partial charge in [-0.15, -0.1) is 0 Å². The fourth-order valence-electron chi connectivity index (χ4n) is 2.97. The van der Waals surface area contributed by atoms with Crippen LogP contribution < -0.4 is 5.32 Å². The molecule has 2 rings (SSSR count). The fourth-order valence-corrected chi connectivity index (χ4v) is 3.27. The Kier molecular flexibility index (Phi) is 4.69. The van der Waals surface area contributed by atoms with Crippen LogP contribution in [-0.2, 0) is 0 Å². The molecule has 1 nitrogen and oxygen atoms in total. The van der Waals surface area contributed by atoms with E-state index in [1.165, 1.54) is 24.8 Å². The van der Waals surface area contributed by atoms with Crippen LogP contribution in [0.5, 0.6) is 0 Å². The topological polar surface area (TPSA) is 12.0 Å². The summed E-state index contributed by atoms with van der Waals surface area (Å²) in [4.78, 5) is 0. The zero-order chi connectivity index (χ0) is 13.1. The molecule has 4 atom stereocenters. The first-order valence-corrected chi connectivity index (χ1v) is 7.46. The van der Waals surface area contributed by atoms with Crippen LogP contribution in [-0.4, -0.2) is 6.04 Å². The van der Waals surface area contributed by atoms with E-state index in [2.05, 4.69) is 38.2 Å². The molecule has 1 fully saturated rings. The van der Waals surface area contributed by atoms with Crippen LogP contribution >= 0.6 is 11.6 Å². The van der Waals surface area contributed by atoms with Crippen molar-refractivity contribution < 1.29 is 0 Å². The lowest BCUT2D eigenvalue weighted by Gasteiger charge is -2.34. The van der Waals surface area contributed by atoms with E-state index in [0.29, 0.717) is 12.1 Å². The molecule has 1 aliphatic rings. The van der Waals surface area contributed by atoms with Crippen molar-refractivity contribution in [1.82, 2.24) is 5.32 Å². The summed E-state index contributed by atoms with van der Waals surface area (Å²) in [7, 11) is 0. The molecular weight excluding hydrogens is 242 g/mol. The van der Waals surface area contributed by atoms with Gasteiger partial charge < -0.3 is 5.32 Å². The van der Waals surface area contributed by atoms with Gasteiger partial charge in [0.15, 0.2) is 0 Å². The minimum atomic E-state index is 0.337. The Morgan fingerprint density at radius 2 is 1.89 bits per heavy atom. The Labute approximate surface area is 116 Å². The van der Waals surface area contributed by atoms with Crippen LogP contribution in [0.25, 0.3) is 0 Å². The van der Waals surface area contributed by atoms with E-state index in [4.69, 9.17) is 11.6 Å². The maximum atomic E-state index is 6.25. The zero-order valence-electron chi connectivity index (χ0n) is 11.6. The molecule has 1 aliphatic carbocycles. The van der Waals surface area contributed by atoms with Gasteiger partial charge in [-0.05, 0) is 49.7 Å². The second-order valence-corrected chi connectivity index (χ2v) is 6.28. The van der Waals surface area contributed by atoms with Crippen LogP contribution in [0.1, 0.15) is 51.6 Å². The average molecular weight is 266 g/mol. The Morgan fingerprint density at radius 3 is 2.56 bits per heavy atom. The van der Waals surface area contributed by atoms with E-state index in [9.17, 15) is 0 Å². The molecule has 1 aromatic carbocycles. The standard InChI is InChI=1S/C16H24ClN/c1-11-8-9-14(10-12(11)2)18-13(3)15-6-4-5-7-16(15)17/h4-7,11-14,18H,8-10H2,1-3H3/t11?,12?,13-,14?/m0/s1. The van der Waals surface area contributed by atoms with Crippen LogP contribution in [0.2, 0.25) is 5.02 Å². The van der Waals surface area contributed by atoms with Crippen molar-refractivity contribution in [2.75, 3.05) is 0 Å². The summed E-state index contributed by atoms with van der Waals surface area (Å²) < 4.78 is 0. The van der Waals surface area contributed by atoms with Crippen LogP contribution in [0, 0.1) is 11.8 Å². The van der Waals surface area contributed by atoms with E-state index >= 15 is 0 Å². The Balaban J connectivity index is 1.96. The number of halogens is 1. The van der Waals surface area contributed by atoms with Crippen LogP contribution in [0.15, 0.2) is 24.3 Å². The minimum Gasteiger partial charge on any atom is -0.307 e. The van der Waals surface area contributed by atoms with Gasteiger partial charge in [-0.3, -0.25) is 0 Å². The number of hydrogen-bond acceptors (Lipinski definition) is 1. The summed E-state index contributed by atoms with van der Waals surface area (Å²) >= 11 is 6.25. The van der Waals surface area contributed by atoms with Gasteiger partial charge in [0, 0.05) is 17.1 Å². The van der Waals surface area contributed by atoms with Crippen molar-refractivity contribution in [2.24, 2.45) is 11.8 Å². The summed E-state index contributed by atoms with van der Waals surface area (Å²) in [5, 5.41) is 4.61. The third-order valence-corrected chi connectivity index (χ3v) is 4.80. The first-order valence-electron chi connectivity index (χ1n) is 7.08. The van der Waals surface area contributed by atoms with Crippen LogP contribution in [0.4, 0.5) is 0 Å². The quantitative estimate of drug-likeness (QED) is 0.827. The van der Waals surface area contributed by atoms with E-state index in [0.717, 1.165) is 16.9 Å². The molecule has 3 unspecified atom stereocenters. The molecule has 0 aliphatic heterocycles. The highest BCUT2D eigenvalue weighted by Gasteiger charge is 2.25. The van der Waals surface area contributed by atoms with Crippen molar-refractivity contribution in [3.8, 4) is 0 Å². The molecule has 0 aromatic heterocycles. The Hall–Kier alpha value is -0.530. The third-order valence-electron chi connectivity index (χ3n) is 4.46. The van der Waals surface area contributed by atoms with Crippen molar-refractivity contribution >= 4 is 11.6 Å². The number of rotatable bonds is 3. The SMILES string of the molecule is CC1CCC(N[C@@H](C)c2ccccc2Cl)CC1C. The molecular formula is C16H24ClN. The summed E-state index contributed by atoms with van der Waals surface area (Å²) in [5.41, 5.74) is 1.21. The van der Waals surface area contributed by atoms with E-state index in [1.54, 1.807) is 0 Å². The van der Waals surface area contributed by atoms with Crippen molar-refractivity contribution in [3.05, 3.63) is 34.9 Å². The first kappa shape index (κ1) is 13.9. The monoisotopic (exact) mass is 265 g/mol. The highest BCUT2D eigenvalue weighted by Crippen LogP contribution is 2.31. The molecule has 1 aromatic rings. The van der Waals surface area contributed by atoms with Crippen molar-refractivity contribution in [2.45, 2.75) is 52.1 Å². The molecule has 2 heteroatoms. The fraction of sp³-hybridized carbons (Fsp3) is 0.625. The smallest absolute Gasteiger partial charge is 0.0453 e. The lowest BCUT2D eigenvalue weighted by atomic mass is 9.79. The highest BCUT2D eigenvalue weighted by atomic mass is 35.5. The van der Waals surface area contributed by atoms with Gasteiger partial charge in [-0.1, -0.05) is 43.6 Å². The second-order valence-electron chi connectivity index (χ2n) is 5.87. The molecule has 0 amide bonds. The zero-order valence-corrected chi connectivity index (χ0v) is 12.4. The Morgan fingerprint density at radius 1 is 1.17 bits per heavy atom. The molecule has 0 bridgehead atoms. The van der Waals surface area contributed by atoms with Gasteiger partial charge in [0.2, 0.25) is 0 Å². The lowest BCUT2D eigenvalue weighted by molar-refractivity contribution is 0.217. The van der Waals surface area contributed by atoms with Gasteiger partial charge in [0.25, 0.3) is 0 Å². The largest absolute Gasteiger partial charge is 0.307 e. The maximum Gasteiger partial charge on any atom is 0.0453 e. The summed E-state index contributed by atoms with van der Waals surface area (Å²) in [6.45, 7) is 6.96. The minimum absolute atomic E-state index is 0.337. The third kappa shape index (κ3) is 3.27. The van der Waals surface area contributed by atoms with Crippen LogP contribution in [0.3, 0.4) is 0 Å². The predicted molar refractivity (Wildman–Crippen MR) is 79.0 cm³/mol. The van der Waals surface area contributed by atoms with E-state index in [1.807, 2.05) is 12.1 Å². The molecule has 1 N–H and O–H groups in total. The molecule has 1 saturated carbocycles. The van der Waals surface area contributed by atoms with Gasteiger partial charge in [0.05, 0.1) is 0 Å². The molecule has 100 valence electrons. The second kappa shape index (κ2) is 6.08. The van der Waals surface area contributed by atoms with Gasteiger partial charge >= 0.3 is 0 Å². The highest BCUT2D eigenvalue weighted by molar-refractivity contribution is 6.31. The van der Waals surface area contributed by atoms with Gasteiger partial charge in [-0.2, -0.15) is 0 Å². The maximum absolute atomic E-state index is 6.25. The summed E-state index contributed by atoms with van der Waals surface area (Å²) in [6, 6.07) is 9.12. The van der Waals surface area contributed by atoms with E-state index < -0.39 is 0 Å². The average Bonchev–Trinajstić information content (AvgIpc) is 2.34.